The highest BCUT2D eigenvalue weighted by Gasteiger charge is 2.09. The van der Waals surface area contributed by atoms with Gasteiger partial charge in [-0.2, -0.15) is 0 Å². The predicted octanol–water partition coefficient (Wildman–Crippen LogP) is 4.49. The normalized spacial score (nSPS) is 10.9. The Bertz CT molecular complexity index is 738. The van der Waals surface area contributed by atoms with Crippen LogP contribution in [0.25, 0.3) is 22.2 Å². The first-order chi connectivity index (χ1) is 9.19. The van der Waals surface area contributed by atoms with E-state index in [1.54, 1.807) is 0 Å². The molecule has 3 aromatic rings. The van der Waals surface area contributed by atoms with Gasteiger partial charge in [-0.05, 0) is 49.2 Å². The molecule has 3 rings (SSSR count). The lowest BCUT2D eigenvalue weighted by atomic mass is 10.0. The molecule has 2 nitrogen and oxygen atoms in total. The monoisotopic (exact) mass is 250 g/mol. The molecule has 0 radical (unpaired) electrons. The number of aromatic amines is 1. The number of nitrogens with one attached hydrogen (secondary N) is 2. The van der Waals surface area contributed by atoms with Crippen LogP contribution in [-0.4, -0.2) is 12.0 Å². The van der Waals surface area contributed by atoms with Gasteiger partial charge in [0.2, 0.25) is 0 Å². The minimum Gasteiger partial charge on any atom is -0.388 e. The van der Waals surface area contributed by atoms with Crippen molar-refractivity contribution < 1.29 is 0 Å². The van der Waals surface area contributed by atoms with Gasteiger partial charge in [0.1, 0.15) is 0 Å². The number of fused-ring (bicyclic) bond motifs is 1. The zero-order chi connectivity index (χ0) is 13.4. The minimum atomic E-state index is 1.14. The van der Waals surface area contributed by atoms with E-state index in [0.29, 0.717) is 0 Å². The summed E-state index contributed by atoms with van der Waals surface area (Å²) in [6.07, 6.45) is 0. The molecular weight excluding hydrogens is 232 g/mol. The molecular formula is C17H18N2. The van der Waals surface area contributed by atoms with E-state index in [1.165, 1.54) is 33.3 Å². The maximum atomic E-state index is 3.53. The average molecular weight is 250 g/mol. The minimum absolute atomic E-state index is 1.14. The highest BCUT2D eigenvalue weighted by atomic mass is 14.8. The molecule has 2 N–H and O–H groups in total. The van der Waals surface area contributed by atoms with Crippen molar-refractivity contribution in [2.75, 3.05) is 12.4 Å². The Hall–Kier alpha value is -2.22. The summed E-state index contributed by atoms with van der Waals surface area (Å²) in [6.45, 7) is 4.30. The third-order valence-electron chi connectivity index (χ3n) is 3.65. The number of H-pyrrole nitrogens is 1. The van der Waals surface area contributed by atoms with E-state index in [0.717, 1.165) is 5.69 Å². The number of anilines is 1. The van der Waals surface area contributed by atoms with Crippen LogP contribution in [0.2, 0.25) is 0 Å². The Morgan fingerprint density at radius 1 is 1.00 bits per heavy atom. The van der Waals surface area contributed by atoms with Gasteiger partial charge in [-0.1, -0.05) is 23.8 Å². The SMILES string of the molecule is CNc1ccc2[nH]c(-c3cccc(C)c3)c(C)c2c1. The fourth-order valence-corrected chi connectivity index (χ4v) is 2.57. The third-order valence-corrected chi connectivity index (χ3v) is 3.65. The van der Waals surface area contributed by atoms with Crippen LogP contribution >= 0.6 is 0 Å². The number of rotatable bonds is 2. The second-order valence-electron chi connectivity index (χ2n) is 5.00. The van der Waals surface area contributed by atoms with Gasteiger partial charge >= 0.3 is 0 Å². The lowest BCUT2D eigenvalue weighted by Gasteiger charge is -2.02. The molecule has 0 fully saturated rings. The summed E-state index contributed by atoms with van der Waals surface area (Å²) in [6, 6.07) is 15.0. The van der Waals surface area contributed by atoms with E-state index in [-0.39, 0.29) is 0 Å². The molecule has 0 unspecified atom stereocenters. The van der Waals surface area contributed by atoms with E-state index in [4.69, 9.17) is 0 Å². The molecule has 0 amide bonds. The molecule has 2 heteroatoms. The van der Waals surface area contributed by atoms with Crippen LogP contribution < -0.4 is 5.32 Å². The quantitative estimate of drug-likeness (QED) is 0.689. The molecule has 0 saturated carbocycles. The fraction of sp³-hybridized carbons (Fsp3) is 0.176. The standard InChI is InChI=1S/C17H18N2/c1-11-5-4-6-13(9-11)17-12(2)15-10-14(18-3)7-8-16(15)19-17/h4-10,18-19H,1-3H3. The summed E-state index contributed by atoms with van der Waals surface area (Å²) in [4.78, 5) is 3.53. The van der Waals surface area contributed by atoms with Crippen LogP contribution in [0.5, 0.6) is 0 Å². The molecule has 0 aliphatic heterocycles. The molecule has 0 saturated heterocycles. The Morgan fingerprint density at radius 3 is 2.58 bits per heavy atom. The Balaban J connectivity index is 2.22. The smallest absolute Gasteiger partial charge is 0.0494 e. The third kappa shape index (κ3) is 1.99. The summed E-state index contributed by atoms with van der Waals surface area (Å²) >= 11 is 0. The fourth-order valence-electron chi connectivity index (χ4n) is 2.57. The molecule has 1 aromatic heterocycles. The molecule has 0 aliphatic carbocycles. The van der Waals surface area contributed by atoms with Crippen LogP contribution in [0.1, 0.15) is 11.1 Å². The van der Waals surface area contributed by atoms with Crippen molar-refractivity contribution in [3.63, 3.8) is 0 Å². The number of aromatic nitrogens is 1. The highest BCUT2D eigenvalue weighted by molar-refractivity contribution is 5.92. The summed E-state index contributed by atoms with van der Waals surface area (Å²) in [5, 5.41) is 4.47. The van der Waals surface area contributed by atoms with Crippen molar-refractivity contribution in [2.24, 2.45) is 0 Å². The van der Waals surface area contributed by atoms with Gasteiger partial charge in [0.15, 0.2) is 0 Å². The predicted molar refractivity (Wildman–Crippen MR) is 82.8 cm³/mol. The molecule has 0 atom stereocenters. The van der Waals surface area contributed by atoms with Gasteiger partial charge in [0, 0.05) is 29.3 Å². The van der Waals surface area contributed by atoms with E-state index < -0.39 is 0 Å². The van der Waals surface area contributed by atoms with Crippen LogP contribution in [0.4, 0.5) is 5.69 Å². The largest absolute Gasteiger partial charge is 0.388 e. The maximum Gasteiger partial charge on any atom is 0.0494 e. The topological polar surface area (TPSA) is 27.8 Å². The van der Waals surface area contributed by atoms with Crippen molar-refractivity contribution in [1.82, 2.24) is 4.98 Å². The average Bonchev–Trinajstić information content (AvgIpc) is 2.76. The summed E-state index contributed by atoms with van der Waals surface area (Å²) in [7, 11) is 1.95. The first kappa shape index (κ1) is 11.8. The Labute approximate surface area is 113 Å². The molecule has 0 spiro atoms. The van der Waals surface area contributed by atoms with Crippen LogP contribution in [0, 0.1) is 13.8 Å². The van der Waals surface area contributed by atoms with Crippen molar-refractivity contribution in [3.8, 4) is 11.3 Å². The molecule has 96 valence electrons. The van der Waals surface area contributed by atoms with Gasteiger partial charge in [0.05, 0.1) is 0 Å². The number of hydrogen-bond donors (Lipinski definition) is 2. The van der Waals surface area contributed by atoms with Gasteiger partial charge in [0.25, 0.3) is 0 Å². The van der Waals surface area contributed by atoms with Crippen LogP contribution in [-0.2, 0) is 0 Å². The van der Waals surface area contributed by atoms with E-state index in [9.17, 15) is 0 Å². The summed E-state index contributed by atoms with van der Waals surface area (Å²) < 4.78 is 0. The lowest BCUT2D eigenvalue weighted by Crippen LogP contribution is -1.86. The second kappa shape index (κ2) is 4.47. The van der Waals surface area contributed by atoms with Gasteiger partial charge < -0.3 is 10.3 Å². The first-order valence-corrected chi connectivity index (χ1v) is 6.56. The molecule has 1 heterocycles. The van der Waals surface area contributed by atoms with E-state index in [2.05, 4.69) is 66.6 Å². The zero-order valence-electron chi connectivity index (χ0n) is 11.5. The van der Waals surface area contributed by atoms with Gasteiger partial charge in [-0.3, -0.25) is 0 Å². The summed E-state index contributed by atoms with van der Waals surface area (Å²) in [5.74, 6) is 0. The van der Waals surface area contributed by atoms with E-state index in [1.807, 2.05) is 7.05 Å². The van der Waals surface area contributed by atoms with Gasteiger partial charge in [-0.25, -0.2) is 0 Å². The summed E-state index contributed by atoms with van der Waals surface area (Å²) in [5.41, 5.74) is 7.38. The number of hydrogen-bond acceptors (Lipinski definition) is 1. The molecule has 0 aliphatic rings. The highest BCUT2D eigenvalue weighted by Crippen LogP contribution is 2.31. The van der Waals surface area contributed by atoms with Crippen molar-refractivity contribution in [3.05, 3.63) is 53.6 Å². The number of benzene rings is 2. The molecule has 2 aromatic carbocycles. The lowest BCUT2D eigenvalue weighted by molar-refractivity contribution is 1.38. The second-order valence-corrected chi connectivity index (χ2v) is 5.00. The van der Waals surface area contributed by atoms with Gasteiger partial charge in [-0.15, -0.1) is 0 Å². The Morgan fingerprint density at radius 2 is 1.84 bits per heavy atom. The first-order valence-electron chi connectivity index (χ1n) is 6.56. The maximum absolute atomic E-state index is 3.53. The Kier molecular flexibility index (Phi) is 2.79. The van der Waals surface area contributed by atoms with Crippen LogP contribution in [0.15, 0.2) is 42.5 Å². The number of aryl methyl sites for hydroxylation is 2. The van der Waals surface area contributed by atoms with E-state index >= 15 is 0 Å². The zero-order valence-corrected chi connectivity index (χ0v) is 11.5. The molecule has 0 bridgehead atoms. The van der Waals surface area contributed by atoms with Crippen molar-refractivity contribution in [2.45, 2.75) is 13.8 Å². The van der Waals surface area contributed by atoms with Crippen LogP contribution in [0.3, 0.4) is 0 Å². The van der Waals surface area contributed by atoms with Crippen molar-refractivity contribution >= 4 is 16.6 Å². The molecule has 19 heavy (non-hydrogen) atoms. The van der Waals surface area contributed by atoms with Crippen molar-refractivity contribution in [1.29, 1.82) is 0 Å².